The Morgan fingerprint density at radius 1 is 1.20 bits per heavy atom. The number of allylic oxidation sites excluding steroid dienone is 6. The third-order valence-electron chi connectivity index (χ3n) is 5.87. The quantitative estimate of drug-likeness (QED) is 0.211. The molecule has 4 nitrogen and oxygen atoms in total. The van der Waals surface area contributed by atoms with Crippen molar-refractivity contribution in [3.63, 3.8) is 0 Å². The van der Waals surface area contributed by atoms with Crippen LogP contribution in [0.4, 0.5) is 0 Å². The summed E-state index contributed by atoms with van der Waals surface area (Å²) in [6.07, 6.45) is 20.6. The first-order valence-electron chi connectivity index (χ1n) is 11.4. The third-order valence-corrected chi connectivity index (χ3v) is 5.87. The van der Waals surface area contributed by atoms with Crippen LogP contribution in [0, 0.1) is 11.3 Å². The van der Waals surface area contributed by atoms with Gasteiger partial charge in [-0.05, 0) is 64.7 Å². The van der Waals surface area contributed by atoms with E-state index in [-0.39, 0.29) is 12.0 Å². The molecule has 3 atom stereocenters. The molecule has 0 heterocycles. The van der Waals surface area contributed by atoms with Crippen molar-refractivity contribution in [2.24, 2.45) is 11.3 Å². The number of rotatable bonds is 13. The predicted molar refractivity (Wildman–Crippen MR) is 124 cm³/mol. The molecule has 0 aromatic heterocycles. The van der Waals surface area contributed by atoms with Crippen LogP contribution < -0.4 is 0 Å². The maximum Gasteiger partial charge on any atom is 0.329 e. The molecule has 0 saturated heterocycles. The maximum absolute atomic E-state index is 10.6. The molecule has 0 radical (unpaired) electrons. The number of hydrogen-bond donors (Lipinski definition) is 2. The largest absolute Gasteiger partial charge is 0.480 e. The van der Waals surface area contributed by atoms with Gasteiger partial charge in [-0.15, -0.1) is 0 Å². The van der Waals surface area contributed by atoms with Crippen LogP contribution in [0.2, 0.25) is 0 Å². The van der Waals surface area contributed by atoms with Gasteiger partial charge in [-0.1, -0.05) is 67.9 Å². The zero-order chi connectivity index (χ0) is 22.4. The van der Waals surface area contributed by atoms with Gasteiger partial charge in [0.05, 0.1) is 12.7 Å². The van der Waals surface area contributed by atoms with E-state index in [0.717, 1.165) is 38.5 Å². The molecular formula is C26H42O4. The van der Waals surface area contributed by atoms with Crippen molar-refractivity contribution in [3.8, 4) is 0 Å². The summed E-state index contributed by atoms with van der Waals surface area (Å²) in [7, 11) is 0. The van der Waals surface area contributed by atoms with Gasteiger partial charge in [-0.2, -0.15) is 0 Å². The number of aliphatic carboxylic acids is 1. The van der Waals surface area contributed by atoms with Crippen molar-refractivity contribution in [2.75, 3.05) is 13.2 Å². The SMILES string of the molecule is CC(C)=CCC[C@H](C)CC[C@H](O)/C=C/C=C/[C@]1(C)CCCC/C1=C\COCC(=O)O. The lowest BCUT2D eigenvalue weighted by Crippen LogP contribution is -2.21. The molecule has 30 heavy (non-hydrogen) atoms. The van der Waals surface area contributed by atoms with Crippen LogP contribution in [0.3, 0.4) is 0 Å². The van der Waals surface area contributed by atoms with Crippen molar-refractivity contribution >= 4 is 5.97 Å². The van der Waals surface area contributed by atoms with Crippen LogP contribution in [-0.4, -0.2) is 35.5 Å². The zero-order valence-corrected chi connectivity index (χ0v) is 19.4. The Kier molecular flexibility index (Phi) is 12.6. The van der Waals surface area contributed by atoms with E-state index in [0.29, 0.717) is 12.5 Å². The van der Waals surface area contributed by atoms with Gasteiger partial charge in [-0.3, -0.25) is 0 Å². The molecule has 0 unspecified atom stereocenters. The fourth-order valence-electron chi connectivity index (χ4n) is 3.90. The van der Waals surface area contributed by atoms with Crippen LogP contribution in [0.1, 0.15) is 79.1 Å². The van der Waals surface area contributed by atoms with E-state index in [1.807, 2.05) is 24.3 Å². The molecule has 170 valence electrons. The normalized spacial score (nSPS) is 23.2. The van der Waals surface area contributed by atoms with Crippen molar-refractivity contribution in [1.29, 1.82) is 0 Å². The summed E-state index contributed by atoms with van der Waals surface area (Å²) >= 11 is 0. The van der Waals surface area contributed by atoms with Gasteiger partial charge in [0.2, 0.25) is 0 Å². The molecule has 0 aromatic carbocycles. The second-order valence-electron chi connectivity index (χ2n) is 9.12. The van der Waals surface area contributed by atoms with Gasteiger partial charge in [0.15, 0.2) is 0 Å². The van der Waals surface area contributed by atoms with Crippen LogP contribution in [0.15, 0.2) is 47.6 Å². The molecular weight excluding hydrogens is 376 g/mol. The second kappa shape index (κ2) is 14.4. The molecule has 0 spiro atoms. The summed E-state index contributed by atoms with van der Waals surface area (Å²) in [4.78, 5) is 10.6. The lowest BCUT2D eigenvalue weighted by Gasteiger charge is -2.34. The molecule has 1 saturated carbocycles. The third kappa shape index (κ3) is 11.5. The number of hydrogen-bond acceptors (Lipinski definition) is 3. The molecule has 4 heteroatoms. The Balaban J connectivity index is 2.47. The first kappa shape index (κ1) is 26.4. The number of carbonyl (C=O) groups is 1. The second-order valence-corrected chi connectivity index (χ2v) is 9.12. The Morgan fingerprint density at radius 2 is 1.97 bits per heavy atom. The fourth-order valence-corrected chi connectivity index (χ4v) is 3.90. The van der Waals surface area contributed by atoms with Crippen molar-refractivity contribution < 1.29 is 19.7 Å². The minimum atomic E-state index is -0.939. The van der Waals surface area contributed by atoms with E-state index < -0.39 is 12.1 Å². The standard InChI is InChI=1S/C26H42O4/c1-21(2)10-9-11-22(3)14-15-24(27)13-6-8-18-26(4)17-7-5-12-23(26)16-19-30-20-25(28)29/h6,8,10,13,16,18,22,24,27H,5,7,9,11-12,14-15,17,19-20H2,1-4H3,(H,28,29)/b13-6+,18-8+,23-16+/t22-,24+,26-/m0/s1. The average molecular weight is 419 g/mol. The van der Waals surface area contributed by atoms with Crippen LogP contribution in [-0.2, 0) is 9.53 Å². The highest BCUT2D eigenvalue weighted by Gasteiger charge is 2.28. The van der Waals surface area contributed by atoms with E-state index in [4.69, 9.17) is 9.84 Å². The molecule has 0 bridgehead atoms. The molecule has 0 aromatic rings. The Bertz CT molecular complexity index is 625. The van der Waals surface area contributed by atoms with E-state index in [9.17, 15) is 9.90 Å². The summed E-state index contributed by atoms with van der Waals surface area (Å²) < 4.78 is 5.18. The predicted octanol–water partition coefficient (Wildman–Crippen LogP) is 6.23. The van der Waals surface area contributed by atoms with Gasteiger partial charge < -0.3 is 14.9 Å². The number of carboxylic acid groups (broad SMARTS) is 1. The highest BCUT2D eigenvalue weighted by Crippen LogP contribution is 2.41. The van der Waals surface area contributed by atoms with Crippen LogP contribution >= 0.6 is 0 Å². The molecule has 1 fully saturated rings. The zero-order valence-electron chi connectivity index (χ0n) is 19.4. The van der Waals surface area contributed by atoms with E-state index in [1.54, 1.807) is 0 Å². The lowest BCUT2D eigenvalue weighted by atomic mass is 9.71. The molecule has 2 N–H and O–H groups in total. The maximum atomic E-state index is 10.6. The molecule has 1 aliphatic carbocycles. The Hall–Kier alpha value is -1.65. The van der Waals surface area contributed by atoms with Gasteiger partial charge in [0, 0.05) is 5.41 Å². The Labute approximate surface area is 183 Å². The van der Waals surface area contributed by atoms with Crippen molar-refractivity contribution in [2.45, 2.75) is 85.2 Å². The number of ether oxygens (including phenoxy) is 1. The summed E-state index contributed by atoms with van der Waals surface area (Å²) in [6, 6.07) is 0. The summed E-state index contributed by atoms with van der Waals surface area (Å²) in [5.74, 6) is -0.318. The van der Waals surface area contributed by atoms with Crippen LogP contribution in [0.5, 0.6) is 0 Å². The topological polar surface area (TPSA) is 66.8 Å². The first-order chi connectivity index (χ1) is 14.2. The monoisotopic (exact) mass is 418 g/mol. The van der Waals surface area contributed by atoms with Crippen molar-refractivity contribution in [1.82, 2.24) is 0 Å². The van der Waals surface area contributed by atoms with Gasteiger partial charge in [0.1, 0.15) is 6.61 Å². The highest BCUT2D eigenvalue weighted by molar-refractivity contribution is 5.68. The van der Waals surface area contributed by atoms with Crippen LogP contribution in [0.25, 0.3) is 0 Å². The fraction of sp³-hybridized carbons (Fsp3) is 0.654. The van der Waals surface area contributed by atoms with Crippen molar-refractivity contribution in [3.05, 3.63) is 47.6 Å². The van der Waals surface area contributed by atoms with E-state index in [2.05, 4.69) is 39.8 Å². The van der Waals surface area contributed by atoms with E-state index in [1.165, 1.54) is 24.0 Å². The number of carboxylic acids is 1. The number of aliphatic hydroxyl groups excluding tert-OH is 1. The van der Waals surface area contributed by atoms with Gasteiger partial charge in [0.25, 0.3) is 0 Å². The summed E-state index contributed by atoms with van der Waals surface area (Å²) in [5, 5.41) is 18.9. The number of aliphatic hydroxyl groups is 1. The molecule has 0 amide bonds. The Morgan fingerprint density at radius 3 is 2.67 bits per heavy atom. The van der Waals surface area contributed by atoms with Gasteiger partial charge in [-0.25, -0.2) is 4.79 Å². The smallest absolute Gasteiger partial charge is 0.329 e. The minimum absolute atomic E-state index is 0.0282. The average Bonchev–Trinajstić information content (AvgIpc) is 2.68. The lowest BCUT2D eigenvalue weighted by molar-refractivity contribution is -0.141. The summed E-state index contributed by atoms with van der Waals surface area (Å²) in [6.45, 7) is 8.83. The minimum Gasteiger partial charge on any atom is -0.480 e. The first-order valence-corrected chi connectivity index (χ1v) is 11.4. The van der Waals surface area contributed by atoms with Gasteiger partial charge >= 0.3 is 5.97 Å². The highest BCUT2D eigenvalue weighted by atomic mass is 16.5. The molecule has 0 aliphatic heterocycles. The van der Waals surface area contributed by atoms with E-state index >= 15 is 0 Å². The molecule has 1 aliphatic rings. The summed E-state index contributed by atoms with van der Waals surface area (Å²) in [5.41, 5.74) is 2.66. The molecule has 1 rings (SSSR count).